The van der Waals surface area contributed by atoms with E-state index in [2.05, 4.69) is 31.1 Å². The monoisotopic (exact) mass is 258 g/mol. The predicted octanol–water partition coefficient (Wildman–Crippen LogP) is 3.60. The van der Waals surface area contributed by atoms with Crippen molar-refractivity contribution in [1.29, 1.82) is 0 Å². The van der Waals surface area contributed by atoms with Gasteiger partial charge in [-0.1, -0.05) is 25.4 Å². The number of halogens is 1. The predicted molar refractivity (Wildman–Crippen MR) is 72.3 cm³/mol. The summed E-state index contributed by atoms with van der Waals surface area (Å²) in [4.78, 5) is 4.28. The van der Waals surface area contributed by atoms with Crippen molar-refractivity contribution in [2.45, 2.75) is 43.5 Å². The van der Waals surface area contributed by atoms with E-state index in [9.17, 15) is 0 Å². The van der Waals surface area contributed by atoms with E-state index in [0.29, 0.717) is 16.3 Å². The van der Waals surface area contributed by atoms with E-state index in [0.717, 1.165) is 11.6 Å². The number of nitrogens with one attached hydrogen (secondary N) is 1. The van der Waals surface area contributed by atoms with E-state index in [1.165, 1.54) is 6.42 Å². The Morgan fingerprint density at radius 3 is 2.75 bits per heavy atom. The zero-order valence-electron chi connectivity index (χ0n) is 10.0. The van der Waals surface area contributed by atoms with Gasteiger partial charge in [-0.15, -0.1) is 11.8 Å². The van der Waals surface area contributed by atoms with E-state index in [1.54, 1.807) is 18.0 Å². The molecule has 2 nitrogen and oxygen atoms in total. The third kappa shape index (κ3) is 4.73. The molecule has 0 aliphatic carbocycles. The summed E-state index contributed by atoms with van der Waals surface area (Å²) in [5.41, 5.74) is 0. The number of pyridine rings is 1. The van der Waals surface area contributed by atoms with Gasteiger partial charge >= 0.3 is 0 Å². The molecule has 0 radical (unpaired) electrons. The van der Waals surface area contributed by atoms with E-state index in [-0.39, 0.29) is 0 Å². The van der Waals surface area contributed by atoms with Crippen LogP contribution in [0.25, 0.3) is 0 Å². The number of hydrogen-bond donors (Lipinski definition) is 1. The van der Waals surface area contributed by atoms with Crippen LogP contribution in [0.2, 0.25) is 5.02 Å². The number of rotatable bonds is 6. The summed E-state index contributed by atoms with van der Waals surface area (Å²) in [7, 11) is 0. The average Bonchev–Trinajstić information content (AvgIpc) is 2.29. The van der Waals surface area contributed by atoms with Gasteiger partial charge in [-0.25, -0.2) is 4.98 Å². The lowest BCUT2D eigenvalue weighted by Crippen LogP contribution is -2.34. The van der Waals surface area contributed by atoms with E-state index in [4.69, 9.17) is 11.6 Å². The van der Waals surface area contributed by atoms with Crippen LogP contribution in [-0.4, -0.2) is 22.8 Å². The summed E-state index contributed by atoms with van der Waals surface area (Å²) in [6.45, 7) is 7.68. The van der Waals surface area contributed by atoms with Crippen molar-refractivity contribution in [2.24, 2.45) is 0 Å². The molecule has 0 aliphatic heterocycles. The number of nitrogens with zero attached hydrogens (tertiary/aromatic N) is 1. The average molecular weight is 259 g/mol. The minimum atomic E-state index is 0.488. The third-order valence-corrected chi connectivity index (χ3v) is 3.91. The minimum Gasteiger partial charge on any atom is -0.313 e. The molecule has 16 heavy (non-hydrogen) atoms. The van der Waals surface area contributed by atoms with Crippen LogP contribution in [0.5, 0.6) is 0 Å². The molecule has 2 unspecified atom stereocenters. The molecule has 0 amide bonds. The fourth-order valence-electron chi connectivity index (χ4n) is 1.26. The van der Waals surface area contributed by atoms with Gasteiger partial charge in [0, 0.05) is 17.5 Å². The molecule has 0 spiro atoms. The van der Waals surface area contributed by atoms with Crippen LogP contribution in [0, 0.1) is 0 Å². The Kier molecular flexibility index (Phi) is 6.17. The molecular weight excluding hydrogens is 240 g/mol. The molecule has 1 aromatic heterocycles. The maximum Gasteiger partial charge on any atom is 0.0964 e. The molecule has 1 aromatic rings. The van der Waals surface area contributed by atoms with Gasteiger partial charge in [-0.05, 0) is 32.0 Å². The Labute approximate surface area is 107 Å². The van der Waals surface area contributed by atoms with Crippen LogP contribution in [0.1, 0.15) is 27.2 Å². The van der Waals surface area contributed by atoms with Crippen molar-refractivity contribution in [3.05, 3.63) is 23.4 Å². The van der Waals surface area contributed by atoms with Gasteiger partial charge in [0.2, 0.25) is 0 Å². The normalized spacial score (nSPS) is 14.8. The quantitative estimate of drug-likeness (QED) is 0.790. The lowest BCUT2D eigenvalue weighted by atomic mass is 10.2. The molecule has 4 heteroatoms. The number of hydrogen-bond acceptors (Lipinski definition) is 3. The number of thioether (sulfide) groups is 1. The van der Waals surface area contributed by atoms with Crippen molar-refractivity contribution in [3.8, 4) is 0 Å². The third-order valence-electron chi connectivity index (χ3n) is 2.43. The first-order valence-corrected chi connectivity index (χ1v) is 6.90. The number of aromatic nitrogens is 1. The van der Waals surface area contributed by atoms with Crippen LogP contribution in [0.3, 0.4) is 0 Å². The second kappa shape index (κ2) is 7.15. The molecule has 0 aliphatic rings. The molecular formula is C12H19ClN2S. The molecule has 0 saturated carbocycles. The van der Waals surface area contributed by atoms with Crippen molar-refractivity contribution in [1.82, 2.24) is 10.3 Å². The second-order valence-electron chi connectivity index (χ2n) is 3.88. The summed E-state index contributed by atoms with van der Waals surface area (Å²) in [5, 5.41) is 5.71. The Balaban J connectivity index is 2.43. The molecule has 0 bridgehead atoms. The first-order chi connectivity index (χ1) is 7.63. The first kappa shape index (κ1) is 13.8. The van der Waals surface area contributed by atoms with Crippen LogP contribution < -0.4 is 5.32 Å². The van der Waals surface area contributed by atoms with E-state index in [1.807, 2.05) is 12.1 Å². The van der Waals surface area contributed by atoms with Crippen LogP contribution in [-0.2, 0) is 0 Å². The molecule has 0 saturated heterocycles. The summed E-state index contributed by atoms with van der Waals surface area (Å²) >= 11 is 7.57. The highest BCUT2D eigenvalue weighted by Crippen LogP contribution is 2.24. The van der Waals surface area contributed by atoms with E-state index < -0.39 is 0 Å². The standard InChI is InChI=1S/C12H19ClN2S/c1-4-7-14-9(2)10(3)16-12-6-5-11(13)8-15-12/h5-6,8-10,14H,4,7H2,1-3H3. The summed E-state index contributed by atoms with van der Waals surface area (Å²) in [5.74, 6) is 0. The summed E-state index contributed by atoms with van der Waals surface area (Å²) in [6.07, 6.45) is 2.86. The van der Waals surface area contributed by atoms with Gasteiger partial charge in [-0.2, -0.15) is 0 Å². The van der Waals surface area contributed by atoms with E-state index >= 15 is 0 Å². The van der Waals surface area contributed by atoms with Crippen molar-refractivity contribution < 1.29 is 0 Å². The zero-order valence-corrected chi connectivity index (χ0v) is 11.6. The molecule has 1 rings (SSSR count). The van der Waals surface area contributed by atoms with Crippen LogP contribution >= 0.6 is 23.4 Å². The van der Waals surface area contributed by atoms with Gasteiger partial charge < -0.3 is 5.32 Å². The van der Waals surface area contributed by atoms with Crippen LogP contribution in [0.4, 0.5) is 0 Å². The molecule has 0 fully saturated rings. The summed E-state index contributed by atoms with van der Waals surface area (Å²) in [6, 6.07) is 4.34. The van der Waals surface area contributed by atoms with Gasteiger partial charge in [0.1, 0.15) is 0 Å². The topological polar surface area (TPSA) is 24.9 Å². The SMILES string of the molecule is CCCNC(C)C(C)Sc1ccc(Cl)cn1. The van der Waals surface area contributed by atoms with Crippen molar-refractivity contribution >= 4 is 23.4 Å². The van der Waals surface area contributed by atoms with Crippen LogP contribution in [0.15, 0.2) is 23.4 Å². The summed E-state index contributed by atoms with van der Waals surface area (Å²) < 4.78 is 0. The van der Waals surface area contributed by atoms with Gasteiger partial charge in [-0.3, -0.25) is 0 Å². The molecule has 90 valence electrons. The maximum atomic E-state index is 5.80. The van der Waals surface area contributed by atoms with Crippen molar-refractivity contribution in [3.63, 3.8) is 0 Å². The molecule has 2 atom stereocenters. The maximum absolute atomic E-state index is 5.80. The molecule has 0 aromatic carbocycles. The smallest absolute Gasteiger partial charge is 0.0964 e. The Morgan fingerprint density at radius 2 is 2.19 bits per heavy atom. The minimum absolute atomic E-state index is 0.488. The van der Waals surface area contributed by atoms with Gasteiger partial charge in [0.25, 0.3) is 0 Å². The molecule has 1 heterocycles. The first-order valence-electron chi connectivity index (χ1n) is 5.65. The largest absolute Gasteiger partial charge is 0.313 e. The lowest BCUT2D eigenvalue weighted by Gasteiger charge is -2.20. The highest BCUT2D eigenvalue weighted by molar-refractivity contribution is 7.99. The second-order valence-corrected chi connectivity index (χ2v) is 5.71. The zero-order chi connectivity index (χ0) is 12.0. The Bertz CT molecular complexity index is 302. The fourth-order valence-corrected chi connectivity index (χ4v) is 2.32. The molecule has 1 N–H and O–H groups in total. The highest BCUT2D eigenvalue weighted by Gasteiger charge is 2.12. The van der Waals surface area contributed by atoms with Gasteiger partial charge in [0.15, 0.2) is 0 Å². The Hall–Kier alpha value is -0.250. The fraction of sp³-hybridized carbons (Fsp3) is 0.583. The lowest BCUT2D eigenvalue weighted by molar-refractivity contribution is 0.542. The van der Waals surface area contributed by atoms with Gasteiger partial charge in [0.05, 0.1) is 10.0 Å². The Morgan fingerprint density at radius 1 is 1.44 bits per heavy atom. The highest BCUT2D eigenvalue weighted by atomic mass is 35.5. The van der Waals surface area contributed by atoms with Crippen molar-refractivity contribution in [2.75, 3.05) is 6.54 Å².